The van der Waals surface area contributed by atoms with Gasteiger partial charge in [0.05, 0.1) is 18.5 Å². The van der Waals surface area contributed by atoms with Crippen LogP contribution in [0, 0.1) is 6.92 Å². The normalized spacial score (nSPS) is 10.2. The molecule has 0 aliphatic rings. The number of carbonyl (C=O) groups is 3. The number of likely N-dealkylation sites (N-methyl/N-ethyl adjacent to an activating group) is 1. The molecule has 0 saturated carbocycles. The van der Waals surface area contributed by atoms with E-state index in [2.05, 4.69) is 10.5 Å². The molecule has 0 spiro atoms. The fourth-order valence-electron chi connectivity index (χ4n) is 2.04. The molecule has 126 valence electrons. The van der Waals surface area contributed by atoms with E-state index < -0.39 is 11.9 Å². The van der Waals surface area contributed by atoms with Crippen LogP contribution < -0.4 is 5.32 Å². The van der Waals surface area contributed by atoms with Crippen LogP contribution in [0.4, 0.5) is 5.82 Å². The molecule has 8 heteroatoms. The Bertz CT molecular complexity index is 769. The number of carboxylic acids is 1. The zero-order valence-electron chi connectivity index (χ0n) is 13.3. The van der Waals surface area contributed by atoms with E-state index in [1.54, 1.807) is 25.1 Å². The highest BCUT2D eigenvalue weighted by atomic mass is 16.5. The number of nitrogens with zero attached hydrogens (tertiary/aromatic N) is 2. The Kier molecular flexibility index (Phi) is 5.31. The minimum Gasteiger partial charge on any atom is -0.478 e. The Morgan fingerprint density at radius 3 is 2.67 bits per heavy atom. The van der Waals surface area contributed by atoms with Crippen LogP contribution in [-0.2, 0) is 16.0 Å². The molecule has 0 unspecified atom stereocenters. The van der Waals surface area contributed by atoms with E-state index in [0.717, 1.165) is 0 Å². The summed E-state index contributed by atoms with van der Waals surface area (Å²) >= 11 is 0. The lowest BCUT2D eigenvalue weighted by atomic mass is 10.1. The highest BCUT2D eigenvalue weighted by Crippen LogP contribution is 2.09. The summed E-state index contributed by atoms with van der Waals surface area (Å²) in [7, 11) is 1.50. The van der Waals surface area contributed by atoms with Gasteiger partial charge in [0.25, 0.3) is 0 Å². The fourth-order valence-corrected chi connectivity index (χ4v) is 2.04. The van der Waals surface area contributed by atoms with E-state index in [1.807, 2.05) is 0 Å². The number of hydrogen-bond donors (Lipinski definition) is 2. The number of benzene rings is 1. The fraction of sp³-hybridized carbons (Fsp3) is 0.250. The third-order valence-corrected chi connectivity index (χ3v) is 3.23. The molecule has 1 heterocycles. The maximum absolute atomic E-state index is 12.1. The molecule has 0 bridgehead atoms. The highest BCUT2D eigenvalue weighted by molar-refractivity contribution is 5.94. The molecule has 0 aliphatic heterocycles. The van der Waals surface area contributed by atoms with Gasteiger partial charge in [-0.25, -0.2) is 4.79 Å². The molecule has 0 atom stereocenters. The SMILES string of the molecule is Cc1cc(NC(=O)CN(C)C(=O)Cc2cccc(C(=O)O)c2)no1. The van der Waals surface area contributed by atoms with Gasteiger partial charge in [-0.15, -0.1) is 0 Å². The van der Waals surface area contributed by atoms with Gasteiger partial charge in [0.1, 0.15) is 5.76 Å². The number of amides is 2. The second-order valence-electron chi connectivity index (χ2n) is 5.30. The standard InChI is InChI=1S/C16H17N3O5/c1-10-6-13(18-24-10)17-14(20)9-19(2)15(21)8-11-4-3-5-12(7-11)16(22)23/h3-7H,8-9H2,1-2H3,(H,22,23)(H,17,18,20). The van der Waals surface area contributed by atoms with Crippen molar-refractivity contribution >= 4 is 23.6 Å². The van der Waals surface area contributed by atoms with Crippen molar-refractivity contribution in [2.24, 2.45) is 0 Å². The molecule has 1 aromatic carbocycles. The second kappa shape index (κ2) is 7.40. The predicted octanol–water partition coefficient (Wildman–Crippen LogP) is 1.32. The molecule has 24 heavy (non-hydrogen) atoms. The number of aryl methyl sites for hydroxylation is 1. The zero-order chi connectivity index (χ0) is 17.7. The summed E-state index contributed by atoms with van der Waals surface area (Å²) in [6.07, 6.45) is 0.00791. The summed E-state index contributed by atoms with van der Waals surface area (Å²) in [6.45, 7) is 1.55. The molecule has 8 nitrogen and oxygen atoms in total. The quantitative estimate of drug-likeness (QED) is 0.825. The van der Waals surface area contributed by atoms with Crippen LogP contribution in [0.3, 0.4) is 0 Å². The lowest BCUT2D eigenvalue weighted by molar-refractivity contribution is -0.132. The smallest absolute Gasteiger partial charge is 0.335 e. The highest BCUT2D eigenvalue weighted by Gasteiger charge is 2.15. The third kappa shape index (κ3) is 4.67. The van der Waals surface area contributed by atoms with E-state index in [0.29, 0.717) is 11.3 Å². The molecule has 2 amide bonds. The van der Waals surface area contributed by atoms with Crippen LogP contribution in [0.25, 0.3) is 0 Å². The van der Waals surface area contributed by atoms with Gasteiger partial charge in [-0.1, -0.05) is 17.3 Å². The van der Waals surface area contributed by atoms with Gasteiger partial charge in [-0.05, 0) is 24.6 Å². The molecule has 2 aromatic rings. The zero-order valence-corrected chi connectivity index (χ0v) is 13.3. The molecular formula is C16H17N3O5. The average molecular weight is 331 g/mol. The summed E-state index contributed by atoms with van der Waals surface area (Å²) in [4.78, 5) is 36.2. The first-order valence-electron chi connectivity index (χ1n) is 7.14. The van der Waals surface area contributed by atoms with E-state index in [1.165, 1.54) is 24.1 Å². The van der Waals surface area contributed by atoms with Crippen molar-refractivity contribution in [3.05, 3.63) is 47.2 Å². The molecule has 2 N–H and O–H groups in total. The van der Waals surface area contributed by atoms with E-state index >= 15 is 0 Å². The van der Waals surface area contributed by atoms with E-state index in [9.17, 15) is 14.4 Å². The van der Waals surface area contributed by atoms with Crippen molar-refractivity contribution < 1.29 is 24.0 Å². The minimum absolute atomic E-state index is 0.00791. The molecule has 1 aromatic heterocycles. The summed E-state index contributed by atoms with van der Waals surface area (Å²) < 4.78 is 4.83. The maximum Gasteiger partial charge on any atom is 0.335 e. The molecule has 0 radical (unpaired) electrons. The van der Waals surface area contributed by atoms with Crippen LogP contribution in [0.1, 0.15) is 21.7 Å². The van der Waals surface area contributed by atoms with Gasteiger partial charge in [0.2, 0.25) is 11.8 Å². The molecule has 2 rings (SSSR count). The van der Waals surface area contributed by atoms with Crippen LogP contribution in [-0.4, -0.2) is 46.5 Å². The van der Waals surface area contributed by atoms with Crippen molar-refractivity contribution in [1.29, 1.82) is 0 Å². The van der Waals surface area contributed by atoms with Gasteiger partial charge >= 0.3 is 5.97 Å². The van der Waals surface area contributed by atoms with Crippen molar-refractivity contribution in [1.82, 2.24) is 10.1 Å². The van der Waals surface area contributed by atoms with Gasteiger partial charge in [-0.3, -0.25) is 9.59 Å². The van der Waals surface area contributed by atoms with Gasteiger partial charge < -0.3 is 19.8 Å². The molecule has 0 fully saturated rings. The number of aromatic nitrogens is 1. The molecular weight excluding hydrogens is 314 g/mol. The topological polar surface area (TPSA) is 113 Å². The second-order valence-corrected chi connectivity index (χ2v) is 5.30. The lowest BCUT2D eigenvalue weighted by Gasteiger charge is -2.16. The monoisotopic (exact) mass is 331 g/mol. The van der Waals surface area contributed by atoms with Crippen molar-refractivity contribution in [3.8, 4) is 0 Å². The largest absolute Gasteiger partial charge is 0.478 e. The third-order valence-electron chi connectivity index (χ3n) is 3.23. The maximum atomic E-state index is 12.1. The minimum atomic E-state index is -1.06. The first-order valence-corrected chi connectivity index (χ1v) is 7.14. The lowest BCUT2D eigenvalue weighted by Crippen LogP contribution is -2.35. The predicted molar refractivity (Wildman–Crippen MR) is 84.6 cm³/mol. The van der Waals surface area contributed by atoms with Gasteiger partial charge in [-0.2, -0.15) is 0 Å². The number of anilines is 1. The van der Waals surface area contributed by atoms with Crippen molar-refractivity contribution in [2.45, 2.75) is 13.3 Å². The molecule has 0 aliphatic carbocycles. The van der Waals surface area contributed by atoms with Crippen molar-refractivity contribution in [2.75, 3.05) is 18.9 Å². The van der Waals surface area contributed by atoms with E-state index in [4.69, 9.17) is 9.63 Å². The summed E-state index contributed by atoms with van der Waals surface area (Å²) in [6, 6.07) is 7.69. The Labute approximate surface area is 138 Å². The summed E-state index contributed by atoms with van der Waals surface area (Å²) in [5, 5.41) is 15.1. The summed E-state index contributed by atoms with van der Waals surface area (Å²) in [5.41, 5.74) is 0.682. The number of rotatable bonds is 6. The number of aromatic carboxylic acids is 1. The first-order chi connectivity index (χ1) is 11.3. The van der Waals surface area contributed by atoms with Crippen molar-refractivity contribution in [3.63, 3.8) is 0 Å². The summed E-state index contributed by atoms with van der Waals surface area (Å²) in [5.74, 6) is -0.914. The van der Waals surface area contributed by atoms with Crippen LogP contribution in [0.5, 0.6) is 0 Å². The Hall–Kier alpha value is -3.16. The van der Waals surface area contributed by atoms with Crippen LogP contribution in [0.2, 0.25) is 0 Å². The number of hydrogen-bond acceptors (Lipinski definition) is 5. The average Bonchev–Trinajstić information content (AvgIpc) is 2.92. The molecule has 0 saturated heterocycles. The number of carbonyl (C=O) groups excluding carboxylic acids is 2. The number of carboxylic acid groups (broad SMARTS) is 1. The van der Waals surface area contributed by atoms with Gasteiger partial charge in [0, 0.05) is 13.1 Å². The van der Waals surface area contributed by atoms with Crippen LogP contribution >= 0.6 is 0 Å². The van der Waals surface area contributed by atoms with E-state index in [-0.39, 0.29) is 30.3 Å². The van der Waals surface area contributed by atoms with Gasteiger partial charge in [0.15, 0.2) is 5.82 Å². The number of nitrogens with one attached hydrogen (secondary N) is 1. The Morgan fingerprint density at radius 2 is 2.04 bits per heavy atom. The van der Waals surface area contributed by atoms with Crippen LogP contribution in [0.15, 0.2) is 34.9 Å². The Morgan fingerprint density at radius 1 is 1.29 bits per heavy atom. The Balaban J connectivity index is 1.90. The first kappa shape index (κ1) is 17.2.